The van der Waals surface area contributed by atoms with E-state index in [4.69, 9.17) is 4.74 Å². The molecule has 0 radical (unpaired) electrons. The third-order valence-corrected chi connectivity index (χ3v) is 2.48. The van der Waals surface area contributed by atoms with Gasteiger partial charge in [0.25, 0.3) is 0 Å². The van der Waals surface area contributed by atoms with Gasteiger partial charge in [0.2, 0.25) is 0 Å². The van der Waals surface area contributed by atoms with Crippen molar-refractivity contribution in [2.45, 2.75) is 13.2 Å². The molecule has 2 aromatic rings. The molecule has 1 N–H and O–H groups in total. The number of methoxy groups -OCH3 is 1. The van der Waals surface area contributed by atoms with Crippen LogP contribution >= 0.6 is 0 Å². The molecule has 1 aromatic carbocycles. The molecule has 0 aliphatic carbocycles. The van der Waals surface area contributed by atoms with Crippen LogP contribution in [0, 0.1) is 0 Å². The lowest BCUT2D eigenvalue weighted by molar-refractivity contribution is 0.185. The van der Waals surface area contributed by atoms with E-state index in [0.717, 1.165) is 12.2 Å². The first-order valence-corrected chi connectivity index (χ1v) is 5.59. The third kappa shape index (κ3) is 3.57. The molecular weight excluding hydrogens is 212 g/mol. The second-order valence-electron chi connectivity index (χ2n) is 3.84. The molecule has 88 valence electrons. The van der Waals surface area contributed by atoms with Crippen molar-refractivity contribution in [1.29, 1.82) is 0 Å². The number of hydrogen-bond donors (Lipinski definition) is 1. The molecule has 3 nitrogen and oxygen atoms in total. The van der Waals surface area contributed by atoms with E-state index in [0.29, 0.717) is 6.61 Å². The summed E-state index contributed by atoms with van der Waals surface area (Å²) in [6.45, 7) is 1.45. The predicted molar refractivity (Wildman–Crippen MR) is 68.7 cm³/mol. The number of ether oxygens (including phenoxy) is 1. The van der Waals surface area contributed by atoms with E-state index in [1.54, 1.807) is 19.5 Å². The van der Waals surface area contributed by atoms with Crippen LogP contribution in [0.25, 0.3) is 0 Å². The molecule has 17 heavy (non-hydrogen) atoms. The first-order chi connectivity index (χ1) is 8.38. The smallest absolute Gasteiger partial charge is 0.0713 e. The quantitative estimate of drug-likeness (QED) is 0.854. The van der Waals surface area contributed by atoms with E-state index >= 15 is 0 Å². The van der Waals surface area contributed by atoms with Crippen LogP contribution in [0.15, 0.2) is 48.8 Å². The standard InChI is InChI=1S/C14H16N2O/c1-17-11-13-3-2-4-14(9-13)16-10-12-5-7-15-8-6-12/h2-9,16H,10-11H2,1H3. The van der Waals surface area contributed by atoms with Gasteiger partial charge in [-0.3, -0.25) is 4.98 Å². The second kappa shape index (κ2) is 6.01. The fraction of sp³-hybridized carbons (Fsp3) is 0.214. The summed E-state index contributed by atoms with van der Waals surface area (Å²) in [4.78, 5) is 3.99. The molecule has 1 heterocycles. The number of pyridine rings is 1. The van der Waals surface area contributed by atoms with Crippen molar-refractivity contribution in [3.63, 3.8) is 0 Å². The highest BCUT2D eigenvalue weighted by Gasteiger charge is 1.96. The molecule has 0 spiro atoms. The van der Waals surface area contributed by atoms with E-state index in [9.17, 15) is 0 Å². The third-order valence-electron chi connectivity index (χ3n) is 2.48. The monoisotopic (exact) mass is 228 g/mol. The van der Waals surface area contributed by atoms with Crippen LogP contribution in [0.4, 0.5) is 5.69 Å². The van der Waals surface area contributed by atoms with Gasteiger partial charge in [-0.25, -0.2) is 0 Å². The van der Waals surface area contributed by atoms with Crippen molar-refractivity contribution in [3.05, 3.63) is 59.9 Å². The maximum Gasteiger partial charge on any atom is 0.0713 e. The average Bonchev–Trinajstić information content (AvgIpc) is 2.39. The Labute approximate surface area is 101 Å². The lowest BCUT2D eigenvalue weighted by Gasteiger charge is -2.08. The number of anilines is 1. The summed E-state index contributed by atoms with van der Waals surface area (Å²) in [6.07, 6.45) is 3.61. The Morgan fingerprint density at radius 1 is 1.12 bits per heavy atom. The molecule has 0 amide bonds. The number of nitrogens with zero attached hydrogens (tertiary/aromatic N) is 1. The van der Waals surface area contributed by atoms with Gasteiger partial charge in [0, 0.05) is 31.7 Å². The van der Waals surface area contributed by atoms with Crippen LogP contribution in [0.5, 0.6) is 0 Å². The number of aromatic nitrogens is 1. The first kappa shape index (κ1) is 11.6. The van der Waals surface area contributed by atoms with Gasteiger partial charge in [-0.2, -0.15) is 0 Å². The topological polar surface area (TPSA) is 34.1 Å². The molecular formula is C14H16N2O. The molecule has 1 aromatic heterocycles. The Balaban J connectivity index is 1.97. The van der Waals surface area contributed by atoms with Crippen molar-refractivity contribution in [2.75, 3.05) is 12.4 Å². The predicted octanol–water partition coefficient (Wildman–Crippen LogP) is 2.84. The molecule has 0 atom stereocenters. The maximum atomic E-state index is 5.11. The average molecular weight is 228 g/mol. The Morgan fingerprint density at radius 2 is 1.94 bits per heavy atom. The summed E-state index contributed by atoms with van der Waals surface area (Å²) < 4.78 is 5.11. The van der Waals surface area contributed by atoms with E-state index < -0.39 is 0 Å². The summed E-state index contributed by atoms with van der Waals surface area (Å²) in [6, 6.07) is 12.3. The van der Waals surface area contributed by atoms with Gasteiger partial charge in [0.15, 0.2) is 0 Å². The van der Waals surface area contributed by atoms with Crippen molar-refractivity contribution < 1.29 is 4.74 Å². The van der Waals surface area contributed by atoms with Gasteiger partial charge in [0.05, 0.1) is 6.61 Å². The molecule has 0 bridgehead atoms. The second-order valence-corrected chi connectivity index (χ2v) is 3.84. The van der Waals surface area contributed by atoms with Crippen molar-refractivity contribution in [2.24, 2.45) is 0 Å². The Morgan fingerprint density at radius 3 is 2.71 bits per heavy atom. The fourth-order valence-corrected chi connectivity index (χ4v) is 1.64. The Kier molecular flexibility index (Phi) is 4.11. The normalized spacial score (nSPS) is 10.2. The zero-order valence-corrected chi connectivity index (χ0v) is 9.89. The summed E-state index contributed by atoms with van der Waals surface area (Å²) in [5.74, 6) is 0. The zero-order chi connectivity index (χ0) is 11.9. The largest absolute Gasteiger partial charge is 0.381 e. The number of nitrogens with one attached hydrogen (secondary N) is 1. The maximum absolute atomic E-state index is 5.11. The zero-order valence-electron chi connectivity index (χ0n) is 9.89. The van der Waals surface area contributed by atoms with Crippen LogP contribution in [0.1, 0.15) is 11.1 Å². The van der Waals surface area contributed by atoms with Crippen molar-refractivity contribution in [1.82, 2.24) is 4.98 Å². The lowest BCUT2D eigenvalue weighted by atomic mass is 10.2. The van der Waals surface area contributed by atoms with Crippen LogP contribution in [-0.4, -0.2) is 12.1 Å². The van der Waals surface area contributed by atoms with Gasteiger partial charge in [-0.15, -0.1) is 0 Å². The highest BCUT2D eigenvalue weighted by atomic mass is 16.5. The number of benzene rings is 1. The first-order valence-electron chi connectivity index (χ1n) is 5.59. The van der Waals surface area contributed by atoms with E-state index in [1.807, 2.05) is 18.2 Å². The molecule has 0 saturated heterocycles. The van der Waals surface area contributed by atoms with Gasteiger partial charge >= 0.3 is 0 Å². The minimum Gasteiger partial charge on any atom is -0.381 e. The van der Waals surface area contributed by atoms with Crippen LogP contribution in [0.3, 0.4) is 0 Å². The summed E-state index contributed by atoms with van der Waals surface area (Å²) in [5, 5.41) is 3.38. The molecule has 0 saturated carbocycles. The van der Waals surface area contributed by atoms with E-state index in [-0.39, 0.29) is 0 Å². The SMILES string of the molecule is COCc1cccc(NCc2ccncc2)c1. The minimum atomic E-state index is 0.644. The molecule has 2 rings (SSSR count). The van der Waals surface area contributed by atoms with Gasteiger partial charge in [-0.05, 0) is 35.4 Å². The minimum absolute atomic E-state index is 0.644. The lowest BCUT2D eigenvalue weighted by Crippen LogP contribution is -2.00. The fourth-order valence-electron chi connectivity index (χ4n) is 1.64. The Hall–Kier alpha value is -1.87. The number of rotatable bonds is 5. The highest BCUT2D eigenvalue weighted by molar-refractivity contribution is 5.46. The summed E-state index contributed by atoms with van der Waals surface area (Å²) >= 11 is 0. The number of hydrogen-bond acceptors (Lipinski definition) is 3. The molecule has 0 unspecified atom stereocenters. The molecule has 0 aliphatic rings. The van der Waals surface area contributed by atoms with Crippen LogP contribution in [-0.2, 0) is 17.9 Å². The van der Waals surface area contributed by atoms with E-state index in [1.165, 1.54) is 11.1 Å². The highest BCUT2D eigenvalue weighted by Crippen LogP contribution is 2.12. The molecule has 3 heteroatoms. The van der Waals surface area contributed by atoms with Crippen LogP contribution in [0.2, 0.25) is 0 Å². The Bertz CT molecular complexity index is 457. The summed E-state index contributed by atoms with van der Waals surface area (Å²) in [5.41, 5.74) is 3.50. The van der Waals surface area contributed by atoms with Gasteiger partial charge < -0.3 is 10.1 Å². The molecule has 0 fully saturated rings. The molecule has 0 aliphatic heterocycles. The van der Waals surface area contributed by atoms with Crippen molar-refractivity contribution >= 4 is 5.69 Å². The van der Waals surface area contributed by atoms with Gasteiger partial charge in [-0.1, -0.05) is 12.1 Å². The summed E-state index contributed by atoms with van der Waals surface area (Å²) in [7, 11) is 1.71. The van der Waals surface area contributed by atoms with Crippen LogP contribution < -0.4 is 5.32 Å². The van der Waals surface area contributed by atoms with E-state index in [2.05, 4.69) is 28.5 Å². The van der Waals surface area contributed by atoms with Crippen molar-refractivity contribution in [3.8, 4) is 0 Å². The van der Waals surface area contributed by atoms with Gasteiger partial charge in [0.1, 0.15) is 0 Å².